The lowest BCUT2D eigenvalue weighted by Crippen LogP contribution is -2.13. The van der Waals surface area contributed by atoms with E-state index in [-0.39, 0.29) is 4.90 Å². The van der Waals surface area contributed by atoms with E-state index < -0.39 is 10.0 Å². The Morgan fingerprint density at radius 3 is 2.60 bits per heavy atom. The van der Waals surface area contributed by atoms with Crippen LogP contribution in [0, 0.1) is 0 Å². The number of aromatic nitrogens is 1. The molecule has 0 atom stereocenters. The summed E-state index contributed by atoms with van der Waals surface area (Å²) in [5.74, 6) is 0.585. The second-order valence-corrected chi connectivity index (χ2v) is 7.48. The topological polar surface area (TPSA) is 72.2 Å². The molecule has 0 bridgehead atoms. The summed E-state index contributed by atoms with van der Waals surface area (Å²) in [5, 5.41) is 0. The van der Waals surface area contributed by atoms with Crippen LogP contribution in [0.15, 0.2) is 70.4 Å². The molecule has 0 fully saturated rings. The third kappa shape index (κ3) is 4.28. The fourth-order valence-corrected chi connectivity index (χ4v) is 3.57. The van der Waals surface area contributed by atoms with Crippen LogP contribution in [0.5, 0.6) is 0 Å². The summed E-state index contributed by atoms with van der Waals surface area (Å²) in [6, 6.07) is 14.1. The van der Waals surface area contributed by atoms with E-state index in [2.05, 4.69) is 16.6 Å². The Kier molecular flexibility index (Phi) is 5.19. The van der Waals surface area contributed by atoms with Gasteiger partial charge in [-0.15, -0.1) is 0 Å². The predicted octanol–water partition coefficient (Wildman–Crippen LogP) is 4.49. The fourth-order valence-electron chi connectivity index (χ4n) is 2.52. The van der Waals surface area contributed by atoms with Crippen LogP contribution in [0.2, 0.25) is 0 Å². The third-order valence-electron chi connectivity index (χ3n) is 3.88. The van der Waals surface area contributed by atoms with Crippen molar-refractivity contribution in [2.45, 2.75) is 31.1 Å². The molecule has 1 heterocycles. The zero-order valence-electron chi connectivity index (χ0n) is 14.0. The van der Waals surface area contributed by atoms with Gasteiger partial charge in [-0.05, 0) is 42.7 Å². The molecule has 0 unspecified atom stereocenters. The molecule has 1 N–H and O–H groups in total. The molecule has 5 nitrogen and oxygen atoms in total. The molecule has 3 aromatic rings. The van der Waals surface area contributed by atoms with Gasteiger partial charge in [-0.3, -0.25) is 4.72 Å². The van der Waals surface area contributed by atoms with Crippen molar-refractivity contribution in [1.82, 2.24) is 4.98 Å². The summed E-state index contributed by atoms with van der Waals surface area (Å²) in [4.78, 5) is 4.12. The van der Waals surface area contributed by atoms with E-state index in [0.29, 0.717) is 11.4 Å². The molecule has 3 rings (SSSR count). The number of hydrogen-bond donors (Lipinski definition) is 1. The number of oxazole rings is 1. The van der Waals surface area contributed by atoms with Crippen molar-refractivity contribution in [3.05, 3.63) is 66.7 Å². The molecule has 0 aliphatic carbocycles. The van der Waals surface area contributed by atoms with Crippen molar-refractivity contribution in [3.8, 4) is 11.3 Å². The van der Waals surface area contributed by atoms with Crippen LogP contribution >= 0.6 is 0 Å². The smallest absolute Gasteiger partial charge is 0.261 e. The van der Waals surface area contributed by atoms with Crippen LogP contribution in [0.4, 0.5) is 5.69 Å². The molecule has 6 heteroatoms. The van der Waals surface area contributed by atoms with Gasteiger partial charge >= 0.3 is 0 Å². The lowest BCUT2D eigenvalue weighted by molar-refractivity contribution is 0.572. The van der Waals surface area contributed by atoms with Gasteiger partial charge in [0.25, 0.3) is 10.0 Å². The van der Waals surface area contributed by atoms with Gasteiger partial charge in [-0.2, -0.15) is 0 Å². The Hall–Kier alpha value is -2.60. The zero-order valence-corrected chi connectivity index (χ0v) is 14.8. The van der Waals surface area contributed by atoms with Crippen LogP contribution < -0.4 is 4.72 Å². The Bertz CT molecular complexity index is 918. The van der Waals surface area contributed by atoms with Gasteiger partial charge in [-0.25, -0.2) is 13.4 Å². The Labute approximate surface area is 147 Å². The normalized spacial score (nSPS) is 11.4. The third-order valence-corrected chi connectivity index (χ3v) is 5.28. The van der Waals surface area contributed by atoms with Gasteiger partial charge in [0.1, 0.15) is 0 Å². The molecular weight excluding hydrogens is 336 g/mol. The molecule has 0 aliphatic rings. The van der Waals surface area contributed by atoms with Crippen molar-refractivity contribution in [3.63, 3.8) is 0 Å². The minimum Gasteiger partial charge on any atom is -0.444 e. The molecule has 130 valence electrons. The van der Waals surface area contributed by atoms with E-state index in [4.69, 9.17) is 4.42 Å². The van der Waals surface area contributed by atoms with E-state index in [0.717, 1.165) is 30.4 Å². The number of anilines is 1. The van der Waals surface area contributed by atoms with Crippen LogP contribution in [0.25, 0.3) is 11.3 Å². The monoisotopic (exact) mass is 356 g/mol. The highest BCUT2D eigenvalue weighted by molar-refractivity contribution is 7.92. The van der Waals surface area contributed by atoms with Crippen LogP contribution in [0.3, 0.4) is 0 Å². The number of benzene rings is 2. The van der Waals surface area contributed by atoms with Crippen molar-refractivity contribution in [1.29, 1.82) is 0 Å². The minimum absolute atomic E-state index is 0.248. The number of sulfonamides is 1. The molecule has 0 amide bonds. The molecule has 0 aliphatic heterocycles. The summed E-state index contributed by atoms with van der Waals surface area (Å²) in [6.45, 7) is 2.13. The van der Waals surface area contributed by atoms with E-state index in [9.17, 15) is 8.42 Å². The first kappa shape index (κ1) is 17.2. The number of hydrogen-bond acceptors (Lipinski definition) is 4. The molecular formula is C19H20N2O3S. The van der Waals surface area contributed by atoms with Crippen LogP contribution in [-0.2, 0) is 16.4 Å². The maximum absolute atomic E-state index is 12.6. The first-order valence-corrected chi connectivity index (χ1v) is 9.67. The highest BCUT2D eigenvalue weighted by Gasteiger charge is 2.14. The Morgan fingerprint density at radius 2 is 1.92 bits per heavy atom. The summed E-state index contributed by atoms with van der Waals surface area (Å²) < 4.78 is 33.0. The highest BCUT2D eigenvalue weighted by atomic mass is 32.2. The Balaban J connectivity index is 1.78. The van der Waals surface area contributed by atoms with Crippen LogP contribution in [0.1, 0.15) is 25.3 Å². The first-order chi connectivity index (χ1) is 12.1. The number of rotatable bonds is 7. The SMILES string of the molecule is CCCCc1ccc(S(=O)(=O)Nc2cccc(-c3cnco3)c2)cc1. The van der Waals surface area contributed by atoms with Gasteiger partial charge < -0.3 is 4.42 Å². The van der Waals surface area contributed by atoms with E-state index >= 15 is 0 Å². The second-order valence-electron chi connectivity index (χ2n) is 5.80. The highest BCUT2D eigenvalue weighted by Crippen LogP contribution is 2.24. The van der Waals surface area contributed by atoms with Crippen LogP contribution in [-0.4, -0.2) is 13.4 Å². The Morgan fingerprint density at radius 1 is 1.12 bits per heavy atom. The van der Waals surface area contributed by atoms with Crippen molar-refractivity contribution in [2.75, 3.05) is 4.72 Å². The van der Waals surface area contributed by atoms with Crippen molar-refractivity contribution < 1.29 is 12.8 Å². The first-order valence-electron chi connectivity index (χ1n) is 8.19. The minimum atomic E-state index is -3.63. The number of nitrogens with one attached hydrogen (secondary N) is 1. The number of unbranched alkanes of at least 4 members (excludes halogenated alkanes) is 1. The fraction of sp³-hybridized carbons (Fsp3) is 0.211. The standard InChI is InChI=1S/C19H20N2O3S/c1-2-3-5-15-8-10-18(11-9-15)25(22,23)21-17-7-4-6-16(12-17)19-13-20-14-24-19/h4,6-14,21H,2-3,5H2,1H3. The van der Waals surface area contributed by atoms with Gasteiger partial charge in [0.15, 0.2) is 12.2 Å². The molecule has 0 spiro atoms. The van der Waals surface area contributed by atoms with Gasteiger partial charge in [0.2, 0.25) is 0 Å². The molecule has 0 saturated heterocycles. The predicted molar refractivity (Wildman–Crippen MR) is 97.8 cm³/mol. The zero-order chi connectivity index (χ0) is 17.7. The van der Waals surface area contributed by atoms with E-state index in [1.165, 1.54) is 6.39 Å². The summed E-state index contributed by atoms with van der Waals surface area (Å²) >= 11 is 0. The lowest BCUT2D eigenvalue weighted by Gasteiger charge is -2.09. The van der Waals surface area contributed by atoms with E-state index in [1.807, 2.05) is 18.2 Å². The van der Waals surface area contributed by atoms with Gasteiger partial charge in [-0.1, -0.05) is 37.6 Å². The molecule has 2 aromatic carbocycles. The number of nitrogens with zero attached hydrogens (tertiary/aromatic N) is 1. The summed E-state index contributed by atoms with van der Waals surface area (Å²) in [5.41, 5.74) is 2.38. The average molecular weight is 356 g/mol. The quantitative estimate of drug-likeness (QED) is 0.677. The maximum Gasteiger partial charge on any atom is 0.261 e. The summed E-state index contributed by atoms with van der Waals surface area (Å²) in [7, 11) is -3.63. The molecule has 25 heavy (non-hydrogen) atoms. The van der Waals surface area contributed by atoms with E-state index in [1.54, 1.807) is 36.5 Å². The second kappa shape index (κ2) is 7.53. The maximum atomic E-state index is 12.6. The largest absolute Gasteiger partial charge is 0.444 e. The van der Waals surface area contributed by atoms with Crippen molar-refractivity contribution >= 4 is 15.7 Å². The van der Waals surface area contributed by atoms with Gasteiger partial charge in [0.05, 0.1) is 11.1 Å². The molecule has 1 aromatic heterocycles. The molecule has 0 saturated carbocycles. The molecule has 0 radical (unpaired) electrons. The lowest BCUT2D eigenvalue weighted by atomic mass is 10.1. The van der Waals surface area contributed by atoms with Crippen molar-refractivity contribution in [2.24, 2.45) is 0 Å². The summed E-state index contributed by atoms with van der Waals surface area (Å²) in [6.07, 6.45) is 6.10. The average Bonchev–Trinajstić information content (AvgIpc) is 3.15. The van der Waals surface area contributed by atoms with Gasteiger partial charge in [0, 0.05) is 11.3 Å². The number of aryl methyl sites for hydroxylation is 1.